The fourth-order valence-corrected chi connectivity index (χ4v) is 1.97. The minimum Gasteiger partial charge on any atom is -0.342 e. The molecule has 5 nitrogen and oxygen atoms in total. The second-order valence-electron chi connectivity index (χ2n) is 2.98. The molecular weight excluding hydrogens is 181 g/mol. The van der Waals surface area contributed by atoms with Crippen molar-refractivity contribution in [2.75, 3.05) is 0 Å². The first kappa shape index (κ1) is 11.6. The lowest BCUT2D eigenvalue weighted by Crippen LogP contribution is -2.36. The highest BCUT2D eigenvalue weighted by Gasteiger charge is 2.31. The van der Waals surface area contributed by atoms with E-state index < -0.39 is 19.3 Å². The van der Waals surface area contributed by atoms with Gasteiger partial charge in [-0.3, -0.25) is 9.36 Å². The summed E-state index contributed by atoms with van der Waals surface area (Å²) < 4.78 is 10.8. The molecule has 72 valence electrons. The number of hydrogen-bond acceptors (Lipinski definition) is 2. The van der Waals surface area contributed by atoms with Crippen molar-refractivity contribution in [1.82, 2.24) is 5.32 Å². The van der Waals surface area contributed by atoms with E-state index in [-0.39, 0.29) is 5.92 Å². The summed E-state index contributed by atoms with van der Waals surface area (Å²) in [7, 11) is -4.22. The van der Waals surface area contributed by atoms with Gasteiger partial charge in [-0.25, -0.2) is 0 Å². The maximum atomic E-state index is 10.8. The number of carbonyl (C=O) groups excluding carboxylic acids is 1. The first-order valence-corrected chi connectivity index (χ1v) is 5.25. The zero-order valence-electron chi connectivity index (χ0n) is 7.31. The van der Waals surface area contributed by atoms with E-state index in [1.54, 1.807) is 13.8 Å². The summed E-state index contributed by atoms with van der Waals surface area (Å²) >= 11 is 0. The molecule has 6 heteroatoms. The third kappa shape index (κ3) is 3.85. The van der Waals surface area contributed by atoms with Crippen LogP contribution in [-0.2, 0) is 9.36 Å². The average molecular weight is 195 g/mol. The molecule has 1 unspecified atom stereocenters. The summed E-state index contributed by atoms with van der Waals surface area (Å²) in [5.74, 6) is -1.79. The molecule has 0 aliphatic carbocycles. The quantitative estimate of drug-likeness (QED) is 0.564. The van der Waals surface area contributed by atoms with Crippen LogP contribution in [0.25, 0.3) is 0 Å². The van der Waals surface area contributed by atoms with Gasteiger partial charge in [-0.2, -0.15) is 0 Å². The molecule has 12 heavy (non-hydrogen) atoms. The van der Waals surface area contributed by atoms with Crippen molar-refractivity contribution in [2.45, 2.75) is 26.6 Å². The first-order chi connectivity index (χ1) is 5.25. The summed E-state index contributed by atoms with van der Waals surface area (Å²) in [6, 6.07) is 0. The monoisotopic (exact) mass is 195 g/mol. The summed E-state index contributed by atoms with van der Waals surface area (Å²) in [6.07, 6.45) is 0. The lowest BCUT2D eigenvalue weighted by Gasteiger charge is -2.22. The van der Waals surface area contributed by atoms with E-state index in [1.807, 2.05) is 0 Å². The molecule has 0 aromatic heterocycles. The summed E-state index contributed by atoms with van der Waals surface area (Å²) in [4.78, 5) is 28.1. The van der Waals surface area contributed by atoms with Crippen LogP contribution >= 0.6 is 7.60 Å². The van der Waals surface area contributed by atoms with Gasteiger partial charge in [0, 0.05) is 6.92 Å². The lowest BCUT2D eigenvalue weighted by molar-refractivity contribution is -0.119. The Kier molecular flexibility index (Phi) is 3.90. The van der Waals surface area contributed by atoms with Gasteiger partial charge in [0.25, 0.3) is 0 Å². The van der Waals surface area contributed by atoms with Gasteiger partial charge < -0.3 is 15.1 Å². The van der Waals surface area contributed by atoms with Crippen molar-refractivity contribution in [3.63, 3.8) is 0 Å². The Morgan fingerprint density at radius 2 is 1.83 bits per heavy atom. The fourth-order valence-electron chi connectivity index (χ4n) is 0.847. The van der Waals surface area contributed by atoms with Crippen molar-refractivity contribution in [2.24, 2.45) is 5.92 Å². The molecule has 0 aliphatic rings. The third-order valence-corrected chi connectivity index (χ3v) is 2.80. The molecule has 0 aromatic rings. The highest BCUT2D eigenvalue weighted by atomic mass is 31.2. The number of carbonyl (C=O) groups is 1. The molecule has 0 bridgehead atoms. The van der Waals surface area contributed by atoms with E-state index >= 15 is 0 Å². The van der Waals surface area contributed by atoms with Crippen molar-refractivity contribution >= 4 is 13.5 Å². The van der Waals surface area contributed by atoms with Gasteiger partial charge >= 0.3 is 7.60 Å². The van der Waals surface area contributed by atoms with Crippen molar-refractivity contribution < 1.29 is 19.1 Å². The molecule has 1 atom stereocenters. The molecule has 3 N–H and O–H groups in total. The molecule has 0 heterocycles. The zero-order valence-corrected chi connectivity index (χ0v) is 8.21. The van der Waals surface area contributed by atoms with Gasteiger partial charge in [-0.05, 0) is 5.92 Å². The largest absolute Gasteiger partial charge is 0.347 e. The molecule has 0 aliphatic heterocycles. The molecule has 0 fully saturated rings. The van der Waals surface area contributed by atoms with Crippen LogP contribution in [0.3, 0.4) is 0 Å². The van der Waals surface area contributed by atoms with E-state index in [2.05, 4.69) is 5.32 Å². The van der Waals surface area contributed by atoms with Gasteiger partial charge in [0.1, 0.15) is 5.78 Å². The van der Waals surface area contributed by atoms with E-state index in [1.165, 1.54) is 6.92 Å². The normalized spacial score (nSPS) is 14.5. The summed E-state index contributed by atoms with van der Waals surface area (Å²) in [5, 5.41) is 2.22. The van der Waals surface area contributed by atoms with Crippen molar-refractivity contribution in [3.8, 4) is 0 Å². The van der Waals surface area contributed by atoms with Crippen LogP contribution in [0.15, 0.2) is 0 Å². The van der Waals surface area contributed by atoms with Gasteiger partial charge in [-0.1, -0.05) is 13.8 Å². The maximum Gasteiger partial charge on any atom is 0.347 e. The van der Waals surface area contributed by atoms with E-state index in [9.17, 15) is 9.36 Å². The van der Waals surface area contributed by atoms with Crippen LogP contribution in [0.4, 0.5) is 0 Å². The standard InChI is InChI=1S/C6H14NO4P/c1-4(2)6(7-5(3)8)12(9,10)11/h4,6H,1-3H3,(H,7,8)(H2,9,10,11). The number of rotatable bonds is 3. The van der Waals surface area contributed by atoms with Crippen LogP contribution in [0.2, 0.25) is 0 Å². The van der Waals surface area contributed by atoms with E-state index in [0.29, 0.717) is 0 Å². The van der Waals surface area contributed by atoms with Gasteiger partial charge in [0.15, 0.2) is 0 Å². The second-order valence-corrected chi connectivity index (χ2v) is 4.71. The van der Waals surface area contributed by atoms with Crippen LogP contribution in [0.5, 0.6) is 0 Å². The first-order valence-electron chi connectivity index (χ1n) is 3.57. The van der Waals surface area contributed by atoms with E-state index in [4.69, 9.17) is 9.79 Å². The number of hydrogen-bond donors (Lipinski definition) is 3. The van der Waals surface area contributed by atoms with Crippen LogP contribution in [-0.4, -0.2) is 21.5 Å². The summed E-state index contributed by atoms with van der Waals surface area (Å²) in [5.41, 5.74) is 0. The third-order valence-electron chi connectivity index (χ3n) is 1.34. The SMILES string of the molecule is CC(=O)NC(C(C)C)P(=O)(O)O. The van der Waals surface area contributed by atoms with E-state index in [0.717, 1.165) is 0 Å². The number of amides is 1. The molecule has 0 rings (SSSR count). The lowest BCUT2D eigenvalue weighted by atomic mass is 10.2. The number of nitrogens with one attached hydrogen (secondary N) is 1. The smallest absolute Gasteiger partial charge is 0.342 e. The fraction of sp³-hybridized carbons (Fsp3) is 0.833. The molecule has 0 saturated carbocycles. The minimum atomic E-state index is -4.22. The Labute approximate surface area is 71.3 Å². The maximum absolute atomic E-state index is 10.8. The van der Waals surface area contributed by atoms with Gasteiger partial charge in [0.05, 0.1) is 0 Å². The topological polar surface area (TPSA) is 86.6 Å². The Morgan fingerprint density at radius 1 is 1.42 bits per heavy atom. The van der Waals surface area contributed by atoms with Crippen LogP contribution < -0.4 is 5.32 Å². The molecular formula is C6H14NO4P. The van der Waals surface area contributed by atoms with Crippen molar-refractivity contribution in [3.05, 3.63) is 0 Å². The molecule has 0 saturated heterocycles. The minimum absolute atomic E-state index is 0.283. The Balaban J connectivity index is 4.46. The zero-order chi connectivity index (χ0) is 9.94. The second kappa shape index (κ2) is 4.03. The van der Waals surface area contributed by atoms with Gasteiger partial charge in [0.2, 0.25) is 5.91 Å². The Morgan fingerprint density at radius 3 is 1.92 bits per heavy atom. The van der Waals surface area contributed by atoms with Crippen LogP contribution in [0.1, 0.15) is 20.8 Å². The molecule has 0 aromatic carbocycles. The summed E-state index contributed by atoms with van der Waals surface area (Å²) in [6.45, 7) is 4.50. The highest BCUT2D eigenvalue weighted by molar-refractivity contribution is 7.52. The van der Waals surface area contributed by atoms with Crippen molar-refractivity contribution in [1.29, 1.82) is 0 Å². The molecule has 1 amide bonds. The Bertz CT molecular complexity index is 210. The average Bonchev–Trinajstić information content (AvgIpc) is 1.79. The van der Waals surface area contributed by atoms with Gasteiger partial charge in [-0.15, -0.1) is 0 Å². The predicted octanol–water partition coefficient (Wildman–Crippen LogP) is 0.282. The predicted molar refractivity (Wildman–Crippen MR) is 44.5 cm³/mol. The molecule has 0 radical (unpaired) electrons. The highest BCUT2D eigenvalue weighted by Crippen LogP contribution is 2.43. The van der Waals surface area contributed by atoms with Crippen LogP contribution in [0, 0.1) is 5.92 Å². The Hall–Kier alpha value is -0.380. The molecule has 0 spiro atoms.